The van der Waals surface area contributed by atoms with Crippen molar-refractivity contribution < 1.29 is 9.00 Å². The van der Waals surface area contributed by atoms with Gasteiger partial charge in [0.25, 0.3) is 0 Å². The summed E-state index contributed by atoms with van der Waals surface area (Å²) >= 11 is 0. The van der Waals surface area contributed by atoms with Gasteiger partial charge in [-0.2, -0.15) is 0 Å². The molecule has 1 saturated carbocycles. The summed E-state index contributed by atoms with van der Waals surface area (Å²) < 4.78 is 10.9. The molecular formula is C11H22N2O2S. The van der Waals surface area contributed by atoms with Crippen LogP contribution in [0.4, 0.5) is 0 Å². The number of nitrogens with one attached hydrogen (secondary N) is 1. The predicted octanol–water partition coefficient (Wildman–Crippen LogP) is 0.387. The van der Waals surface area contributed by atoms with E-state index in [2.05, 4.69) is 5.32 Å². The van der Waals surface area contributed by atoms with E-state index in [1.165, 1.54) is 0 Å². The number of carbonyl (C=O) groups excluding carboxylic acids is 1. The fourth-order valence-electron chi connectivity index (χ4n) is 2.03. The highest BCUT2D eigenvalue weighted by Crippen LogP contribution is 2.24. The molecule has 0 aliphatic heterocycles. The zero-order valence-electron chi connectivity index (χ0n) is 10.1. The first kappa shape index (κ1) is 13.6. The Bertz CT molecular complexity index is 271. The topological polar surface area (TPSA) is 72.2 Å². The molecule has 4 unspecified atom stereocenters. The van der Waals surface area contributed by atoms with Crippen molar-refractivity contribution in [1.82, 2.24) is 5.32 Å². The third-order valence-corrected chi connectivity index (χ3v) is 3.88. The van der Waals surface area contributed by atoms with E-state index >= 15 is 0 Å². The van der Waals surface area contributed by atoms with E-state index in [1.54, 1.807) is 6.26 Å². The Morgan fingerprint density at radius 2 is 2.25 bits per heavy atom. The molecule has 0 heterocycles. The maximum Gasteiger partial charge on any atom is 0.223 e. The van der Waals surface area contributed by atoms with Crippen LogP contribution in [0.1, 0.15) is 32.6 Å². The molecule has 0 aromatic heterocycles. The molecule has 0 radical (unpaired) electrons. The number of nitrogens with two attached hydrogens (primary N) is 1. The number of rotatable bonds is 5. The summed E-state index contributed by atoms with van der Waals surface area (Å²) in [7, 11) is -0.780. The van der Waals surface area contributed by atoms with Crippen molar-refractivity contribution in [1.29, 1.82) is 0 Å². The van der Waals surface area contributed by atoms with E-state index in [9.17, 15) is 9.00 Å². The Morgan fingerprint density at radius 3 is 2.75 bits per heavy atom. The molecule has 1 fully saturated rings. The van der Waals surface area contributed by atoms with Gasteiger partial charge in [-0.15, -0.1) is 0 Å². The molecular weight excluding hydrogens is 224 g/mol. The van der Waals surface area contributed by atoms with Crippen LogP contribution in [0, 0.1) is 5.92 Å². The van der Waals surface area contributed by atoms with Crippen LogP contribution in [0.3, 0.4) is 0 Å². The third kappa shape index (κ3) is 4.61. The average Bonchev–Trinajstić information content (AvgIpc) is 2.62. The number of hydrogen-bond acceptors (Lipinski definition) is 3. The Labute approximate surface area is 99.8 Å². The Hall–Kier alpha value is -0.420. The predicted molar refractivity (Wildman–Crippen MR) is 66.5 cm³/mol. The lowest BCUT2D eigenvalue weighted by molar-refractivity contribution is -0.125. The highest BCUT2D eigenvalue weighted by Gasteiger charge is 2.28. The summed E-state index contributed by atoms with van der Waals surface area (Å²) in [4.78, 5) is 11.8. The zero-order valence-corrected chi connectivity index (χ0v) is 10.9. The first-order valence-electron chi connectivity index (χ1n) is 5.85. The number of carbonyl (C=O) groups is 1. The van der Waals surface area contributed by atoms with E-state index < -0.39 is 10.8 Å². The molecule has 4 atom stereocenters. The molecule has 1 rings (SSSR count). The fourth-order valence-corrected chi connectivity index (χ4v) is 2.72. The summed E-state index contributed by atoms with van der Waals surface area (Å²) in [5, 5.41) is 2.97. The zero-order chi connectivity index (χ0) is 12.1. The van der Waals surface area contributed by atoms with Crippen molar-refractivity contribution in [3.8, 4) is 0 Å². The lowest BCUT2D eigenvalue weighted by Crippen LogP contribution is -2.37. The van der Waals surface area contributed by atoms with Crippen molar-refractivity contribution in [2.45, 2.75) is 44.7 Å². The van der Waals surface area contributed by atoms with Crippen molar-refractivity contribution >= 4 is 16.7 Å². The Balaban J connectivity index is 2.25. The van der Waals surface area contributed by atoms with Gasteiger partial charge in [-0.05, 0) is 32.6 Å². The molecule has 0 aromatic rings. The van der Waals surface area contributed by atoms with Gasteiger partial charge >= 0.3 is 0 Å². The first-order valence-corrected chi connectivity index (χ1v) is 7.57. The van der Waals surface area contributed by atoms with Crippen LogP contribution in [-0.4, -0.2) is 34.2 Å². The normalized spacial score (nSPS) is 28.7. The van der Waals surface area contributed by atoms with Crippen LogP contribution in [0.5, 0.6) is 0 Å². The lowest BCUT2D eigenvalue weighted by Gasteiger charge is -2.16. The molecule has 0 bridgehead atoms. The van der Waals surface area contributed by atoms with Crippen LogP contribution in [0.15, 0.2) is 0 Å². The van der Waals surface area contributed by atoms with E-state index in [1.807, 2.05) is 6.92 Å². The van der Waals surface area contributed by atoms with Gasteiger partial charge in [0, 0.05) is 40.8 Å². The van der Waals surface area contributed by atoms with Gasteiger partial charge in [0.05, 0.1) is 0 Å². The third-order valence-electron chi connectivity index (χ3n) is 3.07. The second-order valence-corrected chi connectivity index (χ2v) is 6.30. The van der Waals surface area contributed by atoms with Crippen LogP contribution >= 0.6 is 0 Å². The average molecular weight is 246 g/mol. The first-order chi connectivity index (χ1) is 7.49. The van der Waals surface area contributed by atoms with Gasteiger partial charge in [-0.3, -0.25) is 9.00 Å². The maximum absolute atomic E-state index is 11.8. The van der Waals surface area contributed by atoms with Crippen molar-refractivity contribution in [3.63, 3.8) is 0 Å². The molecule has 4 nitrogen and oxygen atoms in total. The monoisotopic (exact) mass is 246 g/mol. The van der Waals surface area contributed by atoms with Gasteiger partial charge in [-0.1, -0.05) is 0 Å². The summed E-state index contributed by atoms with van der Waals surface area (Å²) in [6, 6.07) is 0.294. The summed E-state index contributed by atoms with van der Waals surface area (Å²) in [6.45, 7) is 1.96. The molecule has 3 N–H and O–H groups in total. The lowest BCUT2D eigenvalue weighted by atomic mass is 10.1. The Kier molecular flexibility index (Phi) is 5.41. The minimum atomic E-state index is -0.780. The number of hydrogen-bond donors (Lipinski definition) is 2. The molecule has 5 heteroatoms. The van der Waals surface area contributed by atoms with Crippen molar-refractivity contribution in [3.05, 3.63) is 0 Å². The molecule has 0 saturated heterocycles. The molecule has 1 aliphatic carbocycles. The van der Waals surface area contributed by atoms with Gasteiger partial charge in [0.2, 0.25) is 5.91 Å². The van der Waals surface area contributed by atoms with Gasteiger partial charge in [0.1, 0.15) is 0 Å². The second-order valence-electron chi connectivity index (χ2n) is 4.75. The quantitative estimate of drug-likeness (QED) is 0.737. The van der Waals surface area contributed by atoms with Gasteiger partial charge in [0.15, 0.2) is 0 Å². The van der Waals surface area contributed by atoms with Crippen LogP contribution in [0.25, 0.3) is 0 Å². The Morgan fingerprint density at radius 1 is 1.56 bits per heavy atom. The van der Waals surface area contributed by atoms with Crippen LogP contribution < -0.4 is 11.1 Å². The molecule has 1 aliphatic rings. The second kappa shape index (κ2) is 6.35. The maximum atomic E-state index is 11.8. The van der Waals surface area contributed by atoms with E-state index in [0.29, 0.717) is 5.75 Å². The smallest absolute Gasteiger partial charge is 0.223 e. The molecule has 0 aromatic carbocycles. The van der Waals surface area contributed by atoms with Crippen LogP contribution in [0.2, 0.25) is 0 Å². The summed E-state index contributed by atoms with van der Waals surface area (Å²) in [6.07, 6.45) is 5.11. The van der Waals surface area contributed by atoms with E-state index in [4.69, 9.17) is 5.73 Å². The fraction of sp³-hybridized carbons (Fsp3) is 0.909. The standard InChI is InChI=1S/C11H22N2O2S/c1-8(5-6-16(2)15)13-11(14)9-3-4-10(12)7-9/h8-10H,3-7,12H2,1-2H3,(H,13,14). The highest BCUT2D eigenvalue weighted by atomic mass is 32.2. The molecule has 94 valence electrons. The van der Waals surface area contributed by atoms with Crippen molar-refractivity contribution in [2.75, 3.05) is 12.0 Å². The summed E-state index contributed by atoms with van der Waals surface area (Å²) in [5.41, 5.74) is 5.77. The highest BCUT2D eigenvalue weighted by molar-refractivity contribution is 7.84. The van der Waals surface area contributed by atoms with Crippen LogP contribution in [-0.2, 0) is 15.6 Å². The summed E-state index contributed by atoms with van der Waals surface area (Å²) in [5.74, 6) is 0.845. The molecule has 16 heavy (non-hydrogen) atoms. The van der Waals surface area contributed by atoms with Gasteiger partial charge in [-0.25, -0.2) is 0 Å². The van der Waals surface area contributed by atoms with E-state index in [-0.39, 0.29) is 23.9 Å². The minimum absolute atomic E-state index is 0.0876. The van der Waals surface area contributed by atoms with E-state index in [0.717, 1.165) is 25.7 Å². The number of amides is 1. The van der Waals surface area contributed by atoms with Crippen molar-refractivity contribution in [2.24, 2.45) is 11.7 Å². The molecule has 1 amide bonds. The SMILES string of the molecule is CC(CCS(C)=O)NC(=O)C1CCC(N)C1. The largest absolute Gasteiger partial charge is 0.353 e. The molecule has 0 spiro atoms. The minimum Gasteiger partial charge on any atom is -0.353 e. The van der Waals surface area contributed by atoms with Gasteiger partial charge < -0.3 is 11.1 Å².